The number of nitrogens with zero attached hydrogens (tertiary/aromatic N) is 1. The molecule has 2 nitrogen and oxygen atoms in total. The third kappa shape index (κ3) is 6.17. The van der Waals surface area contributed by atoms with E-state index in [0.717, 1.165) is 3.39 Å². The van der Waals surface area contributed by atoms with Crippen LogP contribution >= 0.6 is 31.9 Å². The highest BCUT2D eigenvalue weighted by Crippen LogP contribution is 2.10. The van der Waals surface area contributed by atoms with E-state index in [1.165, 1.54) is 6.21 Å². The molecule has 40 valence electrons. The second-order valence-corrected chi connectivity index (χ2v) is 3.53. The van der Waals surface area contributed by atoms with Gasteiger partial charge in [-0.3, -0.25) is 0 Å². The van der Waals surface area contributed by atoms with Crippen LogP contribution in [0.3, 0.4) is 0 Å². The van der Waals surface area contributed by atoms with Crippen LogP contribution in [0.5, 0.6) is 0 Å². The molecular formula is C3H4Br2N2. The van der Waals surface area contributed by atoms with Crippen LogP contribution in [0, 0.1) is 0 Å². The minimum atomic E-state index is 0.828. The van der Waals surface area contributed by atoms with Crippen LogP contribution in [0.25, 0.3) is 0 Å². The first-order chi connectivity index (χ1) is 3.27. The summed E-state index contributed by atoms with van der Waals surface area (Å²) in [7, 11) is 0. The predicted molar refractivity (Wildman–Crippen MR) is 38.6 cm³/mol. The first-order valence-electron chi connectivity index (χ1n) is 1.52. The standard InChI is InChI=1S/C3H4Br2N2/c4-3(5)1-2-7-6/h1-2H,6H2. The Morgan fingerprint density at radius 3 is 2.29 bits per heavy atom. The zero-order valence-corrected chi connectivity index (χ0v) is 6.61. The monoisotopic (exact) mass is 226 g/mol. The summed E-state index contributed by atoms with van der Waals surface area (Å²) in [6, 6.07) is 0. The van der Waals surface area contributed by atoms with Crippen molar-refractivity contribution in [1.29, 1.82) is 0 Å². The van der Waals surface area contributed by atoms with Gasteiger partial charge in [0, 0.05) is 6.21 Å². The SMILES string of the molecule is NN=CC=C(Br)Br. The number of rotatable bonds is 1. The summed E-state index contributed by atoms with van der Waals surface area (Å²) in [5.74, 6) is 4.76. The van der Waals surface area contributed by atoms with Crippen molar-refractivity contribution < 1.29 is 0 Å². The Morgan fingerprint density at radius 2 is 2.14 bits per heavy atom. The molecule has 0 spiro atoms. The first kappa shape index (κ1) is 7.17. The highest BCUT2D eigenvalue weighted by molar-refractivity contribution is 9.28. The highest BCUT2D eigenvalue weighted by Gasteiger charge is 1.72. The molecule has 0 radical (unpaired) electrons. The van der Waals surface area contributed by atoms with Crippen LogP contribution in [-0.2, 0) is 0 Å². The van der Waals surface area contributed by atoms with E-state index in [4.69, 9.17) is 5.84 Å². The van der Waals surface area contributed by atoms with Crippen molar-refractivity contribution in [1.82, 2.24) is 0 Å². The number of allylic oxidation sites excluding steroid dienone is 1. The first-order valence-corrected chi connectivity index (χ1v) is 3.10. The average Bonchev–Trinajstić information content (AvgIpc) is 1.61. The summed E-state index contributed by atoms with van der Waals surface area (Å²) in [6.45, 7) is 0. The normalized spacial score (nSPS) is 9.43. The minimum Gasteiger partial charge on any atom is -0.323 e. The molecule has 0 aromatic rings. The van der Waals surface area contributed by atoms with E-state index in [1.807, 2.05) is 0 Å². The number of hydrogen-bond acceptors (Lipinski definition) is 2. The summed E-state index contributed by atoms with van der Waals surface area (Å²) < 4.78 is 0.828. The predicted octanol–water partition coefficient (Wildman–Crippen LogP) is 1.56. The van der Waals surface area contributed by atoms with Crippen molar-refractivity contribution in [3.8, 4) is 0 Å². The van der Waals surface area contributed by atoms with Gasteiger partial charge in [0.25, 0.3) is 0 Å². The summed E-state index contributed by atoms with van der Waals surface area (Å²) in [5, 5.41) is 3.21. The molecule has 0 saturated carbocycles. The summed E-state index contributed by atoms with van der Waals surface area (Å²) in [5.41, 5.74) is 0. The van der Waals surface area contributed by atoms with Gasteiger partial charge in [-0.15, -0.1) is 0 Å². The van der Waals surface area contributed by atoms with Crippen molar-refractivity contribution >= 4 is 38.1 Å². The molecule has 0 aliphatic rings. The molecular weight excluding hydrogens is 224 g/mol. The van der Waals surface area contributed by atoms with Crippen molar-refractivity contribution in [3.05, 3.63) is 9.47 Å². The maximum Gasteiger partial charge on any atom is 0.0620 e. The van der Waals surface area contributed by atoms with Crippen LogP contribution in [0.1, 0.15) is 0 Å². The third-order valence-corrected chi connectivity index (χ3v) is 0.815. The van der Waals surface area contributed by atoms with Crippen molar-refractivity contribution in [2.24, 2.45) is 10.9 Å². The van der Waals surface area contributed by atoms with Gasteiger partial charge in [0.2, 0.25) is 0 Å². The molecule has 4 heteroatoms. The van der Waals surface area contributed by atoms with Crippen molar-refractivity contribution in [2.45, 2.75) is 0 Å². The largest absolute Gasteiger partial charge is 0.323 e. The Hall–Kier alpha value is 0.170. The molecule has 0 aromatic heterocycles. The number of hydrazone groups is 1. The fourth-order valence-electron chi connectivity index (χ4n) is 0.0994. The maximum absolute atomic E-state index is 4.76. The molecule has 0 unspecified atom stereocenters. The molecule has 0 aliphatic heterocycles. The molecule has 2 N–H and O–H groups in total. The lowest BCUT2D eigenvalue weighted by molar-refractivity contribution is 1.27. The second-order valence-electron chi connectivity index (χ2n) is 0.754. The van der Waals surface area contributed by atoms with Gasteiger partial charge in [0.05, 0.1) is 3.39 Å². The van der Waals surface area contributed by atoms with Gasteiger partial charge in [-0.05, 0) is 37.9 Å². The van der Waals surface area contributed by atoms with Crippen LogP contribution in [0.15, 0.2) is 14.6 Å². The fraction of sp³-hybridized carbons (Fsp3) is 0. The van der Waals surface area contributed by atoms with Gasteiger partial charge in [-0.2, -0.15) is 5.10 Å². The molecule has 7 heavy (non-hydrogen) atoms. The summed E-state index contributed by atoms with van der Waals surface area (Å²) in [6.07, 6.45) is 3.15. The molecule has 0 bridgehead atoms. The Morgan fingerprint density at radius 1 is 1.57 bits per heavy atom. The van der Waals surface area contributed by atoms with E-state index in [0.29, 0.717) is 0 Å². The molecule has 0 amide bonds. The number of hydrogen-bond donors (Lipinski definition) is 1. The number of halogens is 2. The van der Waals surface area contributed by atoms with Crippen LogP contribution in [-0.4, -0.2) is 6.21 Å². The van der Waals surface area contributed by atoms with Gasteiger partial charge in [-0.1, -0.05) is 0 Å². The van der Waals surface area contributed by atoms with Crippen LogP contribution in [0.4, 0.5) is 0 Å². The second kappa shape index (κ2) is 4.33. The van der Waals surface area contributed by atoms with E-state index >= 15 is 0 Å². The van der Waals surface area contributed by atoms with Gasteiger partial charge >= 0.3 is 0 Å². The lowest BCUT2D eigenvalue weighted by Gasteiger charge is -1.72. The van der Waals surface area contributed by atoms with E-state index in [2.05, 4.69) is 37.0 Å². The Labute approximate surface area is 58.7 Å². The zero-order chi connectivity index (χ0) is 5.70. The Balaban J connectivity index is 3.46. The van der Waals surface area contributed by atoms with Crippen LogP contribution in [0.2, 0.25) is 0 Å². The number of nitrogens with two attached hydrogens (primary N) is 1. The van der Waals surface area contributed by atoms with E-state index in [-0.39, 0.29) is 0 Å². The lowest BCUT2D eigenvalue weighted by Crippen LogP contribution is -1.77. The van der Waals surface area contributed by atoms with Crippen molar-refractivity contribution in [2.75, 3.05) is 0 Å². The smallest absolute Gasteiger partial charge is 0.0620 e. The molecule has 0 saturated heterocycles. The van der Waals surface area contributed by atoms with Gasteiger partial charge in [-0.25, -0.2) is 0 Å². The van der Waals surface area contributed by atoms with E-state index < -0.39 is 0 Å². The quantitative estimate of drug-likeness (QED) is 0.412. The molecule has 0 heterocycles. The maximum atomic E-state index is 4.76. The summed E-state index contributed by atoms with van der Waals surface area (Å²) in [4.78, 5) is 0. The Bertz CT molecular complexity index is 93.1. The van der Waals surface area contributed by atoms with Gasteiger partial charge < -0.3 is 5.84 Å². The topological polar surface area (TPSA) is 38.4 Å². The van der Waals surface area contributed by atoms with E-state index in [9.17, 15) is 0 Å². The van der Waals surface area contributed by atoms with Gasteiger partial charge in [0.1, 0.15) is 0 Å². The summed E-state index contributed by atoms with van der Waals surface area (Å²) >= 11 is 6.21. The zero-order valence-electron chi connectivity index (χ0n) is 3.44. The van der Waals surface area contributed by atoms with Crippen molar-refractivity contribution in [3.63, 3.8) is 0 Å². The Kier molecular flexibility index (Phi) is 4.44. The molecule has 0 fully saturated rings. The average molecular weight is 228 g/mol. The van der Waals surface area contributed by atoms with E-state index in [1.54, 1.807) is 6.08 Å². The molecule has 0 atom stereocenters. The minimum absolute atomic E-state index is 0.828. The molecule has 0 aliphatic carbocycles. The highest BCUT2D eigenvalue weighted by atomic mass is 79.9. The third-order valence-electron chi connectivity index (χ3n) is 0.287. The van der Waals surface area contributed by atoms with Crippen LogP contribution < -0.4 is 5.84 Å². The molecule has 0 rings (SSSR count). The lowest BCUT2D eigenvalue weighted by atomic mass is 10.7. The molecule has 0 aromatic carbocycles. The van der Waals surface area contributed by atoms with Gasteiger partial charge in [0.15, 0.2) is 0 Å². The fourth-order valence-corrected chi connectivity index (χ4v) is 0.336.